The summed E-state index contributed by atoms with van der Waals surface area (Å²) in [7, 11) is 3.80. The molecule has 15 heavy (non-hydrogen) atoms. The van der Waals surface area contributed by atoms with E-state index in [0.717, 1.165) is 30.5 Å². The summed E-state index contributed by atoms with van der Waals surface area (Å²) >= 11 is 0. The molecule has 0 saturated carbocycles. The summed E-state index contributed by atoms with van der Waals surface area (Å²) in [5.74, 6) is 0. The Labute approximate surface area is 91.9 Å². The van der Waals surface area contributed by atoms with Crippen molar-refractivity contribution in [1.29, 1.82) is 0 Å². The quantitative estimate of drug-likeness (QED) is 0.773. The van der Waals surface area contributed by atoms with Crippen LogP contribution in [-0.2, 0) is 0 Å². The highest BCUT2D eigenvalue weighted by Crippen LogP contribution is 2.20. The summed E-state index contributed by atoms with van der Waals surface area (Å²) in [5.41, 5.74) is 2.05. The molecule has 0 fully saturated rings. The van der Waals surface area contributed by atoms with Crippen LogP contribution in [-0.4, -0.2) is 41.8 Å². The van der Waals surface area contributed by atoms with Crippen LogP contribution in [0, 0.1) is 0 Å². The molecule has 0 spiro atoms. The van der Waals surface area contributed by atoms with Crippen molar-refractivity contribution in [2.24, 2.45) is 4.99 Å². The van der Waals surface area contributed by atoms with Crippen molar-refractivity contribution < 1.29 is 5.21 Å². The second-order valence-electron chi connectivity index (χ2n) is 4.15. The summed E-state index contributed by atoms with van der Waals surface area (Å²) in [6.07, 6.45) is 4.90. The summed E-state index contributed by atoms with van der Waals surface area (Å²) in [5, 5.41) is 11.1. The van der Waals surface area contributed by atoms with Crippen LogP contribution in [0.5, 0.6) is 0 Å². The molecule has 1 unspecified atom stereocenters. The number of aliphatic imine (C=N–C) groups is 1. The number of allylic oxidation sites excluding steroid dienone is 2. The zero-order valence-corrected chi connectivity index (χ0v) is 10.1. The van der Waals surface area contributed by atoms with E-state index in [9.17, 15) is 5.21 Å². The van der Waals surface area contributed by atoms with Crippen LogP contribution in [0.2, 0.25) is 0 Å². The molecule has 4 heteroatoms. The molecule has 86 valence electrons. The first kappa shape index (κ1) is 12.2. The highest BCUT2D eigenvalue weighted by molar-refractivity contribution is 5.80. The lowest BCUT2D eigenvalue weighted by molar-refractivity contribution is -0.131. The van der Waals surface area contributed by atoms with Gasteiger partial charge in [0, 0.05) is 11.9 Å². The maximum atomic E-state index is 9.90. The number of rotatable bonds is 4. The van der Waals surface area contributed by atoms with E-state index in [2.05, 4.69) is 11.9 Å². The zero-order valence-electron chi connectivity index (χ0n) is 10.1. The molecule has 1 atom stereocenters. The van der Waals surface area contributed by atoms with Crippen molar-refractivity contribution in [3.63, 3.8) is 0 Å². The smallest absolute Gasteiger partial charge is 0.200 e. The van der Waals surface area contributed by atoms with Gasteiger partial charge in [-0.15, -0.1) is 0 Å². The third kappa shape index (κ3) is 2.79. The number of unbranched alkanes of at least 4 members (excludes halogenated alkanes) is 1. The minimum absolute atomic E-state index is 0.282. The number of hydrogen-bond acceptors (Lipinski definition) is 4. The normalized spacial score (nSPS) is 21.7. The van der Waals surface area contributed by atoms with Crippen molar-refractivity contribution in [2.45, 2.75) is 39.4 Å². The molecule has 1 N–H and O–H groups in total. The molecule has 4 nitrogen and oxygen atoms in total. The maximum Gasteiger partial charge on any atom is 0.200 e. The minimum atomic E-state index is -0.282. The average Bonchev–Trinajstić information content (AvgIpc) is 2.20. The van der Waals surface area contributed by atoms with Gasteiger partial charge in [0.2, 0.25) is 6.29 Å². The third-order valence-electron chi connectivity index (χ3n) is 2.65. The molecule has 0 radical (unpaired) electrons. The Kier molecular flexibility index (Phi) is 4.29. The van der Waals surface area contributed by atoms with Gasteiger partial charge in [0.05, 0.1) is 0 Å². The van der Waals surface area contributed by atoms with Gasteiger partial charge in [-0.05, 0) is 39.4 Å². The van der Waals surface area contributed by atoms with Crippen molar-refractivity contribution in [3.05, 3.63) is 11.3 Å². The SMILES string of the molecule is CCCCC1=C(C)N(O)C(N(C)C)N=C1. The largest absolute Gasteiger partial charge is 0.285 e. The first-order valence-corrected chi connectivity index (χ1v) is 5.45. The highest BCUT2D eigenvalue weighted by Gasteiger charge is 2.22. The van der Waals surface area contributed by atoms with Crippen LogP contribution in [0.3, 0.4) is 0 Å². The number of nitrogens with zero attached hydrogens (tertiary/aromatic N) is 3. The molecule has 1 aliphatic heterocycles. The zero-order chi connectivity index (χ0) is 11.4. The molecule has 0 bridgehead atoms. The Morgan fingerprint density at radius 2 is 2.20 bits per heavy atom. The first-order chi connectivity index (χ1) is 7.07. The fraction of sp³-hybridized carbons (Fsp3) is 0.727. The Bertz CT molecular complexity index is 271. The second-order valence-corrected chi connectivity index (χ2v) is 4.15. The minimum Gasteiger partial charge on any atom is -0.285 e. The lowest BCUT2D eigenvalue weighted by atomic mass is 10.1. The van der Waals surface area contributed by atoms with Gasteiger partial charge in [-0.1, -0.05) is 13.3 Å². The molecule has 0 aromatic heterocycles. The van der Waals surface area contributed by atoms with Crippen molar-refractivity contribution in [2.75, 3.05) is 14.1 Å². The van der Waals surface area contributed by atoms with E-state index in [1.807, 2.05) is 32.1 Å². The predicted octanol–water partition coefficient (Wildman–Crippen LogP) is 2.07. The van der Waals surface area contributed by atoms with E-state index in [1.165, 1.54) is 5.06 Å². The highest BCUT2D eigenvalue weighted by atomic mass is 16.5. The van der Waals surface area contributed by atoms with E-state index in [-0.39, 0.29) is 6.29 Å². The van der Waals surface area contributed by atoms with E-state index < -0.39 is 0 Å². The van der Waals surface area contributed by atoms with Gasteiger partial charge in [-0.25, -0.2) is 5.06 Å². The third-order valence-corrected chi connectivity index (χ3v) is 2.65. The maximum absolute atomic E-state index is 9.90. The van der Waals surface area contributed by atoms with Crippen LogP contribution >= 0.6 is 0 Å². The molecule has 0 aliphatic carbocycles. The van der Waals surface area contributed by atoms with Gasteiger partial charge >= 0.3 is 0 Å². The second kappa shape index (κ2) is 5.28. The molecule has 1 rings (SSSR count). The Morgan fingerprint density at radius 3 is 2.73 bits per heavy atom. The average molecular weight is 211 g/mol. The van der Waals surface area contributed by atoms with E-state index in [0.29, 0.717) is 0 Å². The first-order valence-electron chi connectivity index (χ1n) is 5.45. The summed E-state index contributed by atoms with van der Waals surface area (Å²) in [6, 6.07) is 0. The van der Waals surface area contributed by atoms with Crippen molar-refractivity contribution >= 4 is 6.21 Å². The fourth-order valence-electron chi connectivity index (χ4n) is 1.60. The molecule has 0 saturated heterocycles. The van der Waals surface area contributed by atoms with Crippen LogP contribution < -0.4 is 0 Å². The topological polar surface area (TPSA) is 39.1 Å². The van der Waals surface area contributed by atoms with E-state index in [1.54, 1.807) is 0 Å². The molecule has 1 aliphatic rings. The van der Waals surface area contributed by atoms with Crippen LogP contribution in [0.4, 0.5) is 0 Å². The van der Waals surface area contributed by atoms with Crippen LogP contribution in [0.1, 0.15) is 33.1 Å². The summed E-state index contributed by atoms with van der Waals surface area (Å²) in [6.45, 7) is 4.10. The Balaban J connectivity index is 2.73. The Morgan fingerprint density at radius 1 is 1.53 bits per heavy atom. The monoisotopic (exact) mass is 211 g/mol. The lowest BCUT2D eigenvalue weighted by Gasteiger charge is -2.33. The lowest BCUT2D eigenvalue weighted by Crippen LogP contribution is -2.43. The standard InChI is InChI=1S/C11H21N3O/c1-5-6-7-10-8-12-11(13(3)4)14(15)9(10)2/h8,11,15H,5-7H2,1-4H3. The molecule has 0 amide bonds. The van der Waals surface area contributed by atoms with Crippen molar-refractivity contribution in [3.8, 4) is 0 Å². The summed E-state index contributed by atoms with van der Waals surface area (Å²) in [4.78, 5) is 6.19. The van der Waals surface area contributed by atoms with Gasteiger partial charge < -0.3 is 0 Å². The summed E-state index contributed by atoms with van der Waals surface area (Å²) < 4.78 is 0. The fourth-order valence-corrected chi connectivity index (χ4v) is 1.60. The molecular formula is C11H21N3O. The van der Waals surface area contributed by atoms with Crippen LogP contribution in [0.15, 0.2) is 16.3 Å². The molecule has 0 aromatic carbocycles. The van der Waals surface area contributed by atoms with E-state index >= 15 is 0 Å². The van der Waals surface area contributed by atoms with E-state index in [4.69, 9.17) is 0 Å². The predicted molar refractivity (Wildman–Crippen MR) is 61.8 cm³/mol. The number of hydrogen-bond donors (Lipinski definition) is 1. The van der Waals surface area contributed by atoms with Gasteiger partial charge in [0.25, 0.3) is 0 Å². The van der Waals surface area contributed by atoms with Gasteiger partial charge in [0.1, 0.15) is 0 Å². The molecular weight excluding hydrogens is 190 g/mol. The molecule has 1 heterocycles. The van der Waals surface area contributed by atoms with Gasteiger partial charge in [0.15, 0.2) is 0 Å². The number of hydroxylamine groups is 2. The van der Waals surface area contributed by atoms with Gasteiger partial charge in [-0.3, -0.25) is 15.1 Å². The van der Waals surface area contributed by atoms with Crippen molar-refractivity contribution in [1.82, 2.24) is 9.96 Å². The molecule has 0 aromatic rings. The van der Waals surface area contributed by atoms with Gasteiger partial charge in [-0.2, -0.15) is 0 Å². The Hall–Kier alpha value is -0.870. The van der Waals surface area contributed by atoms with Crippen LogP contribution in [0.25, 0.3) is 0 Å².